The predicted molar refractivity (Wildman–Crippen MR) is 89.4 cm³/mol. The van der Waals surface area contributed by atoms with Gasteiger partial charge in [-0.1, -0.05) is 0 Å². The minimum absolute atomic E-state index is 0.201. The molecule has 0 aliphatic heterocycles. The van der Waals surface area contributed by atoms with Gasteiger partial charge in [-0.3, -0.25) is 5.10 Å². The summed E-state index contributed by atoms with van der Waals surface area (Å²) in [5.41, 5.74) is 3.76. The van der Waals surface area contributed by atoms with Gasteiger partial charge in [-0.15, -0.1) is 0 Å². The molecule has 0 spiro atoms. The van der Waals surface area contributed by atoms with Crippen LogP contribution in [0.25, 0.3) is 10.9 Å². The van der Waals surface area contributed by atoms with Crippen LogP contribution in [0, 0.1) is 13.8 Å². The summed E-state index contributed by atoms with van der Waals surface area (Å²) in [7, 11) is 0. The molecule has 7 heteroatoms. The number of hydrogen-bond acceptors (Lipinski definition) is 3. The third-order valence-corrected chi connectivity index (χ3v) is 3.78. The summed E-state index contributed by atoms with van der Waals surface area (Å²) < 4.78 is 2.06. The SMILES string of the molecule is Cc1[nH]nc2ccc(NC(=O)NCCCn3cncc3C)cc12. The number of anilines is 1. The molecule has 2 aromatic heterocycles. The Morgan fingerprint density at radius 1 is 1.35 bits per heavy atom. The molecule has 0 aliphatic carbocycles. The number of fused-ring (bicyclic) bond motifs is 1. The molecule has 7 nitrogen and oxygen atoms in total. The summed E-state index contributed by atoms with van der Waals surface area (Å²) in [6.07, 6.45) is 4.48. The van der Waals surface area contributed by atoms with Gasteiger partial charge in [-0.05, 0) is 38.5 Å². The van der Waals surface area contributed by atoms with E-state index in [9.17, 15) is 4.79 Å². The van der Waals surface area contributed by atoms with Crippen molar-refractivity contribution >= 4 is 22.6 Å². The lowest BCUT2D eigenvalue weighted by Gasteiger charge is -2.09. The van der Waals surface area contributed by atoms with Crippen molar-refractivity contribution in [1.82, 2.24) is 25.1 Å². The van der Waals surface area contributed by atoms with Crippen LogP contribution in [0.4, 0.5) is 10.5 Å². The molecule has 1 aromatic carbocycles. The van der Waals surface area contributed by atoms with Crippen molar-refractivity contribution in [2.45, 2.75) is 26.8 Å². The van der Waals surface area contributed by atoms with Gasteiger partial charge in [0.15, 0.2) is 0 Å². The molecule has 0 fully saturated rings. The molecule has 2 amide bonds. The van der Waals surface area contributed by atoms with Crippen molar-refractivity contribution in [3.8, 4) is 0 Å². The molecule has 3 rings (SSSR count). The molecule has 0 unspecified atom stereocenters. The van der Waals surface area contributed by atoms with Crippen LogP contribution in [0.15, 0.2) is 30.7 Å². The van der Waals surface area contributed by atoms with Crippen LogP contribution in [0.2, 0.25) is 0 Å². The van der Waals surface area contributed by atoms with E-state index < -0.39 is 0 Å². The van der Waals surface area contributed by atoms with E-state index >= 15 is 0 Å². The standard InChI is InChI=1S/C16H20N6O/c1-11-9-17-10-22(11)7-3-6-18-16(23)19-13-4-5-15-14(8-13)12(2)20-21-15/h4-5,8-10H,3,6-7H2,1-2H3,(H,20,21)(H2,18,19,23). The fourth-order valence-corrected chi connectivity index (χ4v) is 2.46. The maximum absolute atomic E-state index is 11.9. The lowest BCUT2D eigenvalue weighted by molar-refractivity contribution is 0.252. The molecule has 3 aromatic rings. The first-order valence-electron chi connectivity index (χ1n) is 7.60. The van der Waals surface area contributed by atoms with Gasteiger partial charge in [-0.25, -0.2) is 9.78 Å². The molecule has 0 bridgehead atoms. The molecular formula is C16H20N6O. The summed E-state index contributed by atoms with van der Waals surface area (Å²) in [6, 6.07) is 5.45. The highest BCUT2D eigenvalue weighted by atomic mass is 16.2. The van der Waals surface area contributed by atoms with Gasteiger partial charge in [0.25, 0.3) is 0 Å². The average Bonchev–Trinajstić information content (AvgIpc) is 3.10. The van der Waals surface area contributed by atoms with Crippen molar-refractivity contribution in [2.75, 3.05) is 11.9 Å². The summed E-state index contributed by atoms with van der Waals surface area (Å²) in [5.74, 6) is 0. The lowest BCUT2D eigenvalue weighted by atomic mass is 10.2. The van der Waals surface area contributed by atoms with Gasteiger partial charge in [0, 0.05) is 41.7 Å². The van der Waals surface area contributed by atoms with Gasteiger partial charge in [0.05, 0.1) is 11.8 Å². The molecule has 0 radical (unpaired) electrons. The second-order valence-electron chi connectivity index (χ2n) is 5.54. The van der Waals surface area contributed by atoms with Gasteiger partial charge >= 0.3 is 6.03 Å². The van der Waals surface area contributed by atoms with E-state index in [1.54, 1.807) is 6.33 Å². The molecule has 0 aliphatic rings. The maximum atomic E-state index is 11.9. The first-order chi connectivity index (χ1) is 11.1. The quantitative estimate of drug-likeness (QED) is 0.633. The molecule has 120 valence electrons. The number of aromatic nitrogens is 4. The molecule has 0 atom stereocenters. The van der Waals surface area contributed by atoms with Crippen LogP contribution in [0.1, 0.15) is 17.8 Å². The van der Waals surface area contributed by atoms with E-state index in [2.05, 4.69) is 30.4 Å². The molecule has 3 N–H and O–H groups in total. The van der Waals surface area contributed by atoms with Gasteiger partial charge in [0.1, 0.15) is 0 Å². The van der Waals surface area contributed by atoms with E-state index in [0.717, 1.165) is 40.9 Å². The maximum Gasteiger partial charge on any atom is 0.319 e. The molecular weight excluding hydrogens is 292 g/mol. The topological polar surface area (TPSA) is 87.6 Å². The number of benzene rings is 1. The number of carbonyl (C=O) groups is 1. The van der Waals surface area contributed by atoms with Gasteiger partial charge in [0.2, 0.25) is 0 Å². The van der Waals surface area contributed by atoms with Crippen LogP contribution in [0.5, 0.6) is 0 Å². The molecule has 23 heavy (non-hydrogen) atoms. The van der Waals surface area contributed by atoms with E-state index in [1.807, 2.05) is 38.2 Å². The third-order valence-electron chi connectivity index (χ3n) is 3.78. The number of urea groups is 1. The smallest absolute Gasteiger partial charge is 0.319 e. The van der Waals surface area contributed by atoms with Crippen LogP contribution in [-0.4, -0.2) is 32.3 Å². The molecule has 0 saturated heterocycles. The summed E-state index contributed by atoms with van der Waals surface area (Å²) in [4.78, 5) is 16.0. The zero-order valence-corrected chi connectivity index (χ0v) is 13.3. The zero-order chi connectivity index (χ0) is 16.2. The normalized spacial score (nSPS) is 10.9. The minimum atomic E-state index is -0.201. The average molecular weight is 312 g/mol. The number of aromatic amines is 1. The first kappa shape index (κ1) is 15.1. The third kappa shape index (κ3) is 3.50. The molecule has 0 saturated carbocycles. The van der Waals surface area contributed by atoms with Crippen molar-refractivity contribution < 1.29 is 4.79 Å². The highest BCUT2D eigenvalue weighted by molar-refractivity contribution is 5.93. The van der Waals surface area contributed by atoms with Crippen molar-refractivity contribution in [1.29, 1.82) is 0 Å². The van der Waals surface area contributed by atoms with Crippen molar-refractivity contribution in [2.24, 2.45) is 0 Å². The Kier molecular flexibility index (Phi) is 4.27. The summed E-state index contributed by atoms with van der Waals surface area (Å²) in [5, 5.41) is 13.8. The lowest BCUT2D eigenvalue weighted by Crippen LogP contribution is -2.30. The number of rotatable bonds is 5. The van der Waals surface area contributed by atoms with Crippen LogP contribution in [-0.2, 0) is 6.54 Å². The van der Waals surface area contributed by atoms with Gasteiger partial charge in [-0.2, -0.15) is 5.10 Å². The summed E-state index contributed by atoms with van der Waals surface area (Å²) >= 11 is 0. The Bertz CT molecular complexity index is 819. The fourth-order valence-electron chi connectivity index (χ4n) is 2.46. The Morgan fingerprint density at radius 2 is 2.22 bits per heavy atom. The largest absolute Gasteiger partial charge is 0.338 e. The Labute approximate surface area is 134 Å². The first-order valence-corrected chi connectivity index (χ1v) is 7.60. The van der Waals surface area contributed by atoms with E-state index in [1.165, 1.54) is 0 Å². The van der Waals surface area contributed by atoms with E-state index in [-0.39, 0.29) is 6.03 Å². The highest BCUT2D eigenvalue weighted by Gasteiger charge is 2.05. The molecule has 2 heterocycles. The number of aryl methyl sites for hydroxylation is 3. The number of nitrogens with zero attached hydrogens (tertiary/aromatic N) is 3. The van der Waals surface area contributed by atoms with Crippen LogP contribution < -0.4 is 10.6 Å². The predicted octanol–water partition coefficient (Wildman–Crippen LogP) is 2.59. The second-order valence-corrected chi connectivity index (χ2v) is 5.54. The van der Waals surface area contributed by atoms with E-state index in [0.29, 0.717) is 6.54 Å². The summed E-state index contributed by atoms with van der Waals surface area (Å²) in [6.45, 7) is 5.42. The highest BCUT2D eigenvalue weighted by Crippen LogP contribution is 2.19. The Hall–Kier alpha value is -2.83. The number of amides is 2. The van der Waals surface area contributed by atoms with Crippen molar-refractivity contribution in [3.05, 3.63) is 42.1 Å². The Balaban J connectivity index is 1.48. The van der Waals surface area contributed by atoms with Crippen molar-refractivity contribution in [3.63, 3.8) is 0 Å². The van der Waals surface area contributed by atoms with Crippen LogP contribution >= 0.6 is 0 Å². The number of carbonyl (C=O) groups excluding carboxylic acids is 1. The second kappa shape index (κ2) is 6.51. The number of imidazole rings is 1. The Morgan fingerprint density at radius 3 is 3.00 bits per heavy atom. The van der Waals surface area contributed by atoms with E-state index in [4.69, 9.17) is 0 Å². The monoisotopic (exact) mass is 312 g/mol. The minimum Gasteiger partial charge on any atom is -0.338 e. The number of H-pyrrole nitrogens is 1. The van der Waals surface area contributed by atoms with Gasteiger partial charge < -0.3 is 15.2 Å². The number of nitrogens with one attached hydrogen (secondary N) is 3. The fraction of sp³-hybridized carbons (Fsp3) is 0.312. The zero-order valence-electron chi connectivity index (χ0n) is 13.3. The van der Waals surface area contributed by atoms with Crippen LogP contribution in [0.3, 0.4) is 0 Å². The number of hydrogen-bond donors (Lipinski definition) is 3.